The quantitative estimate of drug-likeness (QED) is 0.811. The summed E-state index contributed by atoms with van der Waals surface area (Å²) in [6.45, 7) is 0.287. The molecule has 2 aromatic rings. The molecule has 0 bridgehead atoms. The minimum absolute atomic E-state index is 0.155. The van der Waals surface area contributed by atoms with Crippen molar-refractivity contribution in [3.05, 3.63) is 59.7 Å². The summed E-state index contributed by atoms with van der Waals surface area (Å²) in [7, 11) is 3.20. The van der Waals surface area contributed by atoms with Gasteiger partial charge >= 0.3 is 6.03 Å². The second-order valence-corrected chi connectivity index (χ2v) is 5.07. The Balaban J connectivity index is 1.98. The number of para-hydroxylation sites is 1. The molecule has 0 fully saturated rings. The molecule has 0 aliphatic rings. The lowest BCUT2D eigenvalue weighted by molar-refractivity contribution is 0.0963. The van der Waals surface area contributed by atoms with Crippen LogP contribution < -0.4 is 10.6 Å². The van der Waals surface area contributed by atoms with E-state index in [1.54, 1.807) is 62.6 Å². The number of urea groups is 1. The first-order valence-corrected chi connectivity index (χ1v) is 7.12. The summed E-state index contributed by atoms with van der Waals surface area (Å²) in [5, 5.41) is 15.0. The number of anilines is 1. The highest BCUT2D eigenvalue weighted by atomic mass is 16.3. The van der Waals surface area contributed by atoms with Crippen LogP contribution >= 0.6 is 0 Å². The number of hydrogen-bond donors (Lipinski definition) is 3. The number of carbonyl (C=O) groups excluding carboxylic acids is 2. The highest BCUT2D eigenvalue weighted by Crippen LogP contribution is 2.18. The molecule has 3 N–H and O–H groups in total. The predicted octanol–water partition coefficient (Wildman–Crippen LogP) is 2.42. The molecule has 2 aromatic carbocycles. The molecule has 0 spiro atoms. The standard InChI is InChI=1S/C17H19N3O3/c1-18-16(22)12-7-9-14(10-8-12)19-17(23)20(2)11-13-5-3-4-6-15(13)21/h3-10,21H,11H2,1-2H3,(H,18,22)(H,19,23). The molecule has 0 radical (unpaired) electrons. The fraction of sp³-hybridized carbons (Fsp3) is 0.176. The van der Waals surface area contributed by atoms with Crippen molar-refractivity contribution in [3.8, 4) is 5.75 Å². The zero-order valence-corrected chi connectivity index (χ0v) is 13.0. The van der Waals surface area contributed by atoms with Crippen LogP contribution in [0.2, 0.25) is 0 Å². The lowest BCUT2D eigenvalue weighted by atomic mass is 10.2. The van der Waals surface area contributed by atoms with E-state index < -0.39 is 0 Å². The maximum absolute atomic E-state index is 12.2. The smallest absolute Gasteiger partial charge is 0.321 e. The summed E-state index contributed by atoms with van der Waals surface area (Å²) in [6.07, 6.45) is 0. The molecule has 0 atom stereocenters. The lowest BCUT2D eigenvalue weighted by Crippen LogP contribution is -2.30. The van der Waals surface area contributed by atoms with Crippen molar-refractivity contribution in [2.24, 2.45) is 0 Å². The van der Waals surface area contributed by atoms with Crippen molar-refractivity contribution in [3.63, 3.8) is 0 Å². The van der Waals surface area contributed by atoms with Crippen LogP contribution in [0.3, 0.4) is 0 Å². The van der Waals surface area contributed by atoms with Gasteiger partial charge in [-0.1, -0.05) is 18.2 Å². The summed E-state index contributed by atoms with van der Waals surface area (Å²) < 4.78 is 0. The molecule has 0 aliphatic heterocycles. The number of phenolic OH excluding ortho intramolecular Hbond substituents is 1. The molecule has 0 aliphatic carbocycles. The first kappa shape index (κ1) is 16.4. The number of phenols is 1. The Morgan fingerprint density at radius 2 is 1.74 bits per heavy atom. The monoisotopic (exact) mass is 313 g/mol. The van der Waals surface area contributed by atoms with Gasteiger partial charge in [0, 0.05) is 30.9 Å². The van der Waals surface area contributed by atoms with Crippen LogP contribution in [-0.4, -0.2) is 36.0 Å². The largest absolute Gasteiger partial charge is 0.508 e. The number of benzene rings is 2. The van der Waals surface area contributed by atoms with Gasteiger partial charge in [0.25, 0.3) is 5.91 Å². The van der Waals surface area contributed by atoms with Gasteiger partial charge in [-0.25, -0.2) is 4.79 Å². The highest BCUT2D eigenvalue weighted by Gasteiger charge is 2.11. The Morgan fingerprint density at radius 1 is 1.09 bits per heavy atom. The molecule has 23 heavy (non-hydrogen) atoms. The van der Waals surface area contributed by atoms with Gasteiger partial charge in [0.15, 0.2) is 0 Å². The minimum atomic E-state index is -0.305. The van der Waals surface area contributed by atoms with E-state index in [0.717, 1.165) is 0 Å². The van der Waals surface area contributed by atoms with Crippen molar-refractivity contribution in [2.45, 2.75) is 6.54 Å². The Bertz CT molecular complexity index is 698. The number of aromatic hydroxyl groups is 1. The van der Waals surface area contributed by atoms with E-state index in [1.807, 2.05) is 0 Å². The number of hydrogen-bond acceptors (Lipinski definition) is 3. The Labute approximate surface area is 134 Å². The van der Waals surface area contributed by atoms with E-state index >= 15 is 0 Å². The maximum atomic E-state index is 12.2. The molecule has 0 unspecified atom stereocenters. The third-order valence-electron chi connectivity index (χ3n) is 3.37. The Kier molecular flexibility index (Phi) is 5.19. The number of nitrogens with one attached hydrogen (secondary N) is 2. The van der Waals surface area contributed by atoms with Gasteiger partial charge in [-0.2, -0.15) is 0 Å². The first-order chi connectivity index (χ1) is 11.0. The van der Waals surface area contributed by atoms with Crippen LogP contribution in [0.5, 0.6) is 5.75 Å². The highest BCUT2D eigenvalue weighted by molar-refractivity contribution is 5.95. The molecule has 6 heteroatoms. The number of amides is 3. The zero-order valence-electron chi connectivity index (χ0n) is 13.0. The summed E-state index contributed by atoms with van der Waals surface area (Å²) in [5.74, 6) is -0.0263. The molecular formula is C17H19N3O3. The van der Waals surface area contributed by atoms with Crippen molar-refractivity contribution in [2.75, 3.05) is 19.4 Å². The molecular weight excluding hydrogens is 294 g/mol. The predicted molar refractivity (Wildman–Crippen MR) is 88.4 cm³/mol. The summed E-state index contributed by atoms with van der Waals surface area (Å²) in [5.41, 5.74) is 1.78. The van der Waals surface area contributed by atoms with E-state index in [0.29, 0.717) is 16.8 Å². The van der Waals surface area contributed by atoms with Gasteiger partial charge in [-0.05, 0) is 30.3 Å². The van der Waals surface area contributed by atoms with Crippen molar-refractivity contribution < 1.29 is 14.7 Å². The van der Waals surface area contributed by atoms with Crippen molar-refractivity contribution >= 4 is 17.6 Å². The van der Waals surface area contributed by atoms with Crippen LogP contribution in [0.1, 0.15) is 15.9 Å². The van der Waals surface area contributed by atoms with Crippen LogP contribution in [0.25, 0.3) is 0 Å². The summed E-state index contributed by atoms with van der Waals surface area (Å²) in [6, 6.07) is 13.2. The fourth-order valence-electron chi connectivity index (χ4n) is 2.04. The maximum Gasteiger partial charge on any atom is 0.321 e. The van der Waals surface area contributed by atoms with Crippen LogP contribution in [0.15, 0.2) is 48.5 Å². The van der Waals surface area contributed by atoms with E-state index in [4.69, 9.17) is 0 Å². The Hall–Kier alpha value is -3.02. The second kappa shape index (κ2) is 7.31. The number of rotatable bonds is 4. The summed E-state index contributed by atoms with van der Waals surface area (Å²) in [4.78, 5) is 25.1. The average molecular weight is 313 g/mol. The van der Waals surface area contributed by atoms with Gasteiger partial charge in [0.1, 0.15) is 5.75 Å². The second-order valence-electron chi connectivity index (χ2n) is 5.07. The third-order valence-corrected chi connectivity index (χ3v) is 3.37. The molecule has 6 nitrogen and oxygen atoms in total. The van der Waals surface area contributed by atoms with Crippen LogP contribution in [0, 0.1) is 0 Å². The normalized spacial score (nSPS) is 10.0. The van der Waals surface area contributed by atoms with E-state index in [1.165, 1.54) is 4.90 Å². The molecule has 0 saturated heterocycles. The molecule has 0 heterocycles. The lowest BCUT2D eigenvalue weighted by Gasteiger charge is -2.18. The Morgan fingerprint density at radius 3 is 2.35 bits per heavy atom. The van der Waals surface area contributed by atoms with E-state index in [-0.39, 0.29) is 24.2 Å². The first-order valence-electron chi connectivity index (χ1n) is 7.12. The topological polar surface area (TPSA) is 81.7 Å². The molecule has 2 rings (SSSR count). The molecule has 0 saturated carbocycles. The van der Waals surface area contributed by atoms with Gasteiger partial charge in [-0.15, -0.1) is 0 Å². The third kappa shape index (κ3) is 4.23. The SMILES string of the molecule is CNC(=O)c1ccc(NC(=O)N(C)Cc2ccccc2O)cc1. The van der Waals surface area contributed by atoms with E-state index in [2.05, 4.69) is 10.6 Å². The van der Waals surface area contributed by atoms with E-state index in [9.17, 15) is 14.7 Å². The van der Waals surface area contributed by atoms with Crippen molar-refractivity contribution in [1.29, 1.82) is 0 Å². The van der Waals surface area contributed by atoms with Gasteiger partial charge < -0.3 is 20.6 Å². The van der Waals surface area contributed by atoms with Crippen molar-refractivity contribution in [1.82, 2.24) is 10.2 Å². The molecule has 0 aromatic heterocycles. The van der Waals surface area contributed by atoms with Gasteiger partial charge in [0.05, 0.1) is 6.54 Å². The average Bonchev–Trinajstić information content (AvgIpc) is 2.56. The number of nitrogens with zero attached hydrogens (tertiary/aromatic N) is 1. The van der Waals surface area contributed by atoms with Gasteiger partial charge in [0.2, 0.25) is 0 Å². The zero-order chi connectivity index (χ0) is 16.8. The number of carbonyl (C=O) groups is 2. The van der Waals surface area contributed by atoms with Crippen LogP contribution in [0.4, 0.5) is 10.5 Å². The molecule has 120 valence electrons. The molecule has 3 amide bonds. The minimum Gasteiger partial charge on any atom is -0.508 e. The fourth-order valence-corrected chi connectivity index (χ4v) is 2.04. The van der Waals surface area contributed by atoms with Gasteiger partial charge in [-0.3, -0.25) is 4.79 Å². The van der Waals surface area contributed by atoms with Crippen LogP contribution in [-0.2, 0) is 6.54 Å². The summed E-state index contributed by atoms with van der Waals surface area (Å²) >= 11 is 0.